The van der Waals surface area contributed by atoms with Crippen molar-refractivity contribution in [2.24, 2.45) is 0 Å². The van der Waals surface area contributed by atoms with Crippen LogP contribution in [0.5, 0.6) is 5.75 Å². The first-order chi connectivity index (χ1) is 13.9. The van der Waals surface area contributed by atoms with Crippen LogP contribution in [-0.2, 0) is 9.59 Å². The second-order valence-electron chi connectivity index (χ2n) is 7.04. The number of quaternary nitrogens is 1. The minimum absolute atomic E-state index is 0.0884. The summed E-state index contributed by atoms with van der Waals surface area (Å²) in [5.41, 5.74) is 2.26. The molecule has 1 heterocycles. The van der Waals surface area contributed by atoms with Gasteiger partial charge in [-0.2, -0.15) is 0 Å². The first kappa shape index (κ1) is 21.0. The first-order valence-corrected chi connectivity index (χ1v) is 9.92. The lowest BCUT2D eigenvalue weighted by Gasteiger charge is -2.33. The average molecular weight is 418 g/mol. The minimum atomic E-state index is -0.172. The van der Waals surface area contributed by atoms with Crippen LogP contribution in [-0.4, -0.2) is 51.6 Å². The van der Waals surface area contributed by atoms with Gasteiger partial charge >= 0.3 is 0 Å². The van der Waals surface area contributed by atoms with E-state index in [2.05, 4.69) is 21.6 Å². The molecule has 0 spiro atoms. The van der Waals surface area contributed by atoms with Crippen molar-refractivity contribution in [1.82, 2.24) is 0 Å². The van der Waals surface area contributed by atoms with Crippen LogP contribution in [0.25, 0.3) is 0 Å². The van der Waals surface area contributed by atoms with Crippen LogP contribution in [0.3, 0.4) is 0 Å². The maximum atomic E-state index is 12.6. The van der Waals surface area contributed by atoms with Gasteiger partial charge in [-0.25, -0.2) is 0 Å². The van der Waals surface area contributed by atoms with Crippen LogP contribution in [0, 0.1) is 0 Å². The Kier molecular flexibility index (Phi) is 6.95. The molecule has 1 aliphatic rings. The fourth-order valence-electron chi connectivity index (χ4n) is 3.44. The summed E-state index contributed by atoms with van der Waals surface area (Å²) in [5.74, 6) is 0.289. The maximum absolute atomic E-state index is 12.6. The maximum Gasteiger partial charge on any atom is 0.279 e. The molecule has 2 amide bonds. The summed E-state index contributed by atoms with van der Waals surface area (Å²) in [6.07, 6.45) is 0. The van der Waals surface area contributed by atoms with Crippen LogP contribution in [0.1, 0.15) is 6.92 Å². The number of piperazine rings is 1. The zero-order valence-corrected chi connectivity index (χ0v) is 17.4. The van der Waals surface area contributed by atoms with Gasteiger partial charge in [-0.1, -0.05) is 17.7 Å². The number of methoxy groups -OCH3 is 1. The molecule has 1 aliphatic heterocycles. The minimum Gasteiger partial charge on any atom is -0.495 e. The molecule has 1 fully saturated rings. The molecule has 0 aromatic heterocycles. The summed E-state index contributed by atoms with van der Waals surface area (Å²) in [7, 11) is 1.55. The normalized spacial score (nSPS) is 14.4. The Bertz CT molecular complexity index is 882. The summed E-state index contributed by atoms with van der Waals surface area (Å²) in [6.45, 7) is 5.27. The number of nitrogens with one attached hydrogen (secondary N) is 3. The second-order valence-corrected chi connectivity index (χ2v) is 7.47. The number of nitrogens with zero attached hydrogens (tertiary/aromatic N) is 1. The van der Waals surface area contributed by atoms with Crippen molar-refractivity contribution >= 4 is 40.5 Å². The van der Waals surface area contributed by atoms with E-state index in [1.807, 2.05) is 18.2 Å². The second kappa shape index (κ2) is 9.62. The summed E-state index contributed by atoms with van der Waals surface area (Å²) in [4.78, 5) is 27.3. The van der Waals surface area contributed by atoms with Gasteiger partial charge in [-0.3, -0.25) is 9.59 Å². The number of rotatable bonds is 6. The van der Waals surface area contributed by atoms with E-state index in [0.717, 1.165) is 36.9 Å². The van der Waals surface area contributed by atoms with E-state index in [0.29, 0.717) is 23.7 Å². The number of carbonyl (C=O) groups is 2. The molecule has 2 aromatic rings. The Labute approximate surface area is 175 Å². The van der Waals surface area contributed by atoms with Crippen molar-refractivity contribution in [2.45, 2.75) is 6.92 Å². The molecule has 2 aromatic carbocycles. The number of anilines is 3. The van der Waals surface area contributed by atoms with Gasteiger partial charge in [0.05, 0.1) is 39.0 Å². The van der Waals surface area contributed by atoms with Crippen molar-refractivity contribution < 1.29 is 19.2 Å². The molecule has 3 rings (SSSR count). The van der Waals surface area contributed by atoms with E-state index >= 15 is 0 Å². The highest BCUT2D eigenvalue weighted by Gasteiger charge is 2.23. The quantitative estimate of drug-likeness (QED) is 0.668. The Hall–Kier alpha value is -2.77. The summed E-state index contributed by atoms with van der Waals surface area (Å²) >= 11 is 6.08. The smallest absolute Gasteiger partial charge is 0.279 e. The molecule has 3 N–H and O–H groups in total. The van der Waals surface area contributed by atoms with Gasteiger partial charge in [-0.15, -0.1) is 0 Å². The zero-order chi connectivity index (χ0) is 20.8. The predicted octanol–water partition coefficient (Wildman–Crippen LogP) is 1.65. The molecular weight excluding hydrogens is 392 g/mol. The predicted molar refractivity (Wildman–Crippen MR) is 115 cm³/mol. The van der Waals surface area contributed by atoms with E-state index < -0.39 is 0 Å². The molecule has 8 heteroatoms. The number of carbonyl (C=O) groups excluding carboxylic acids is 2. The van der Waals surface area contributed by atoms with Crippen molar-refractivity contribution in [3.8, 4) is 5.75 Å². The van der Waals surface area contributed by atoms with Gasteiger partial charge in [0, 0.05) is 23.3 Å². The number of hydrogen-bond acceptors (Lipinski definition) is 4. The molecule has 0 saturated carbocycles. The Morgan fingerprint density at radius 1 is 1.14 bits per heavy atom. The van der Waals surface area contributed by atoms with Crippen molar-refractivity contribution in [3.63, 3.8) is 0 Å². The highest BCUT2D eigenvalue weighted by Crippen LogP contribution is 2.27. The van der Waals surface area contributed by atoms with Crippen molar-refractivity contribution in [3.05, 3.63) is 47.5 Å². The van der Waals surface area contributed by atoms with Gasteiger partial charge in [0.25, 0.3) is 5.91 Å². The first-order valence-electron chi connectivity index (χ1n) is 9.54. The third kappa shape index (κ3) is 5.85. The third-order valence-corrected chi connectivity index (χ3v) is 5.08. The standard InChI is InChI=1S/C21H25ClN4O3/c1-15(27)23-17-6-7-20(29-2)19(13-17)24-21(28)14-25-8-10-26(11-9-25)18-5-3-4-16(22)12-18/h3-7,12-13H,8-11,14H2,1-2H3,(H,23,27)(H,24,28)/p+1. The lowest BCUT2D eigenvalue weighted by atomic mass is 10.2. The van der Waals surface area contributed by atoms with Crippen LogP contribution in [0.15, 0.2) is 42.5 Å². The SMILES string of the molecule is COc1ccc(NC(C)=O)cc1NC(=O)C[NH+]1CCN(c2cccc(Cl)c2)CC1. The number of ether oxygens (including phenoxy) is 1. The van der Waals surface area contributed by atoms with Crippen LogP contribution in [0.4, 0.5) is 17.1 Å². The number of halogens is 1. The van der Waals surface area contributed by atoms with E-state index in [1.165, 1.54) is 11.8 Å². The topological polar surface area (TPSA) is 75.1 Å². The highest BCUT2D eigenvalue weighted by atomic mass is 35.5. The molecule has 0 radical (unpaired) electrons. The van der Waals surface area contributed by atoms with Crippen LogP contribution >= 0.6 is 11.6 Å². The Balaban J connectivity index is 1.55. The molecule has 0 atom stereocenters. The molecule has 0 unspecified atom stereocenters. The summed E-state index contributed by atoms with van der Waals surface area (Å²) in [6, 6.07) is 13.0. The molecule has 1 saturated heterocycles. The Morgan fingerprint density at radius 3 is 2.55 bits per heavy atom. The van der Waals surface area contributed by atoms with Gasteiger partial charge in [-0.05, 0) is 36.4 Å². The van der Waals surface area contributed by atoms with Crippen LogP contribution < -0.4 is 25.2 Å². The van der Waals surface area contributed by atoms with E-state index in [9.17, 15) is 9.59 Å². The van der Waals surface area contributed by atoms with Gasteiger partial charge in [0.15, 0.2) is 6.54 Å². The monoisotopic (exact) mass is 417 g/mol. The van der Waals surface area contributed by atoms with Gasteiger partial charge < -0.3 is 25.2 Å². The fourth-order valence-corrected chi connectivity index (χ4v) is 3.62. The van der Waals surface area contributed by atoms with Gasteiger partial charge in [0.1, 0.15) is 5.75 Å². The van der Waals surface area contributed by atoms with Crippen LogP contribution in [0.2, 0.25) is 5.02 Å². The molecule has 0 aliphatic carbocycles. The van der Waals surface area contributed by atoms with E-state index in [4.69, 9.17) is 16.3 Å². The number of amides is 2. The van der Waals surface area contributed by atoms with Crippen molar-refractivity contribution in [1.29, 1.82) is 0 Å². The number of benzene rings is 2. The summed E-state index contributed by atoms with van der Waals surface area (Å²) < 4.78 is 5.32. The highest BCUT2D eigenvalue weighted by molar-refractivity contribution is 6.30. The van der Waals surface area contributed by atoms with E-state index in [1.54, 1.807) is 25.3 Å². The number of hydrogen-bond donors (Lipinski definition) is 3. The third-order valence-electron chi connectivity index (χ3n) is 4.85. The zero-order valence-electron chi connectivity index (χ0n) is 16.6. The average Bonchev–Trinajstić information content (AvgIpc) is 2.68. The van der Waals surface area contributed by atoms with E-state index in [-0.39, 0.29) is 11.8 Å². The molecule has 7 nitrogen and oxygen atoms in total. The molecule has 29 heavy (non-hydrogen) atoms. The molecule has 0 bridgehead atoms. The van der Waals surface area contributed by atoms with Crippen molar-refractivity contribution in [2.75, 3.05) is 55.4 Å². The lowest BCUT2D eigenvalue weighted by Crippen LogP contribution is -3.15. The molecular formula is C21H26ClN4O3+. The Morgan fingerprint density at radius 2 is 1.90 bits per heavy atom. The largest absolute Gasteiger partial charge is 0.495 e. The summed E-state index contributed by atoms with van der Waals surface area (Å²) in [5, 5.41) is 6.34. The molecule has 154 valence electrons. The van der Waals surface area contributed by atoms with Gasteiger partial charge in [0.2, 0.25) is 5.91 Å². The lowest BCUT2D eigenvalue weighted by molar-refractivity contribution is -0.892. The fraction of sp³-hybridized carbons (Fsp3) is 0.333.